The molecule has 2 aromatic heterocycles. The number of rotatable bonds is 5. The normalized spacial score (nSPS) is 11.4. The fourth-order valence-corrected chi connectivity index (χ4v) is 3.63. The molecule has 5 nitrogen and oxygen atoms in total. The topological polar surface area (TPSA) is 44.8 Å². The van der Waals surface area contributed by atoms with E-state index in [1.54, 1.807) is 11.6 Å². The van der Waals surface area contributed by atoms with E-state index in [-0.39, 0.29) is 5.69 Å². The van der Waals surface area contributed by atoms with Crippen LogP contribution in [0.3, 0.4) is 0 Å². The average Bonchev–Trinajstić information content (AvgIpc) is 3.14. The van der Waals surface area contributed by atoms with Crippen LogP contribution in [0.15, 0.2) is 59.4 Å². The smallest absolute Gasteiger partial charge is 0.304 e. The fraction of sp³-hybridized carbons (Fsp3) is 0.273. The Labute approximate surface area is 158 Å². The Bertz CT molecular complexity index is 1150. The molecule has 5 heteroatoms. The Morgan fingerprint density at radius 3 is 2.48 bits per heavy atom. The monoisotopic (exact) mass is 360 g/mol. The van der Waals surface area contributed by atoms with Gasteiger partial charge < -0.3 is 4.57 Å². The van der Waals surface area contributed by atoms with Gasteiger partial charge in [0, 0.05) is 19.2 Å². The summed E-state index contributed by atoms with van der Waals surface area (Å²) in [5.41, 5.74) is 5.07. The predicted octanol–water partition coefficient (Wildman–Crippen LogP) is 3.97. The van der Waals surface area contributed by atoms with Gasteiger partial charge in [-0.3, -0.25) is 9.13 Å². The lowest BCUT2D eigenvalue weighted by Crippen LogP contribution is -2.23. The van der Waals surface area contributed by atoms with E-state index in [1.165, 1.54) is 11.1 Å². The van der Waals surface area contributed by atoms with E-state index in [1.807, 2.05) is 22.8 Å². The molecule has 0 radical (unpaired) electrons. The lowest BCUT2D eigenvalue weighted by Gasteiger charge is -2.11. The molecule has 0 fully saturated rings. The van der Waals surface area contributed by atoms with Gasteiger partial charge in [0.05, 0.1) is 6.54 Å². The number of nitrogens with zero attached hydrogens (tertiary/aromatic N) is 4. The van der Waals surface area contributed by atoms with E-state index in [0.29, 0.717) is 13.1 Å². The van der Waals surface area contributed by atoms with Gasteiger partial charge in [-0.1, -0.05) is 61.0 Å². The van der Waals surface area contributed by atoms with Gasteiger partial charge in [0.15, 0.2) is 11.3 Å². The summed E-state index contributed by atoms with van der Waals surface area (Å²) < 4.78 is 5.69. The summed E-state index contributed by atoms with van der Waals surface area (Å²) in [4.78, 5) is 17.6. The van der Waals surface area contributed by atoms with Gasteiger partial charge >= 0.3 is 5.69 Å². The van der Waals surface area contributed by atoms with Gasteiger partial charge in [-0.25, -0.2) is 9.78 Å². The van der Waals surface area contributed by atoms with Crippen LogP contribution in [-0.4, -0.2) is 18.7 Å². The number of imidazole rings is 2. The first kappa shape index (κ1) is 17.3. The molecule has 0 saturated heterocycles. The molecular weight excluding hydrogens is 336 g/mol. The van der Waals surface area contributed by atoms with Crippen LogP contribution >= 0.6 is 0 Å². The summed E-state index contributed by atoms with van der Waals surface area (Å²) >= 11 is 0. The van der Waals surface area contributed by atoms with Crippen LogP contribution < -0.4 is 5.69 Å². The van der Waals surface area contributed by atoms with Crippen molar-refractivity contribution in [2.75, 3.05) is 0 Å². The molecule has 0 aliphatic rings. The molecule has 0 atom stereocenters. The first-order valence-corrected chi connectivity index (χ1v) is 9.37. The van der Waals surface area contributed by atoms with Gasteiger partial charge in [0.25, 0.3) is 0 Å². The maximum absolute atomic E-state index is 12.7. The zero-order chi connectivity index (χ0) is 19.0. The molecule has 0 spiro atoms. The first-order chi connectivity index (χ1) is 13.1. The number of aromatic nitrogens is 4. The van der Waals surface area contributed by atoms with E-state index >= 15 is 0 Å². The van der Waals surface area contributed by atoms with Crippen molar-refractivity contribution in [2.24, 2.45) is 7.05 Å². The van der Waals surface area contributed by atoms with Crippen molar-refractivity contribution in [1.29, 1.82) is 0 Å². The molecule has 4 aromatic rings. The summed E-state index contributed by atoms with van der Waals surface area (Å²) in [6, 6.07) is 18.7. The highest BCUT2D eigenvalue weighted by atomic mass is 16.1. The van der Waals surface area contributed by atoms with Gasteiger partial charge in [-0.2, -0.15) is 0 Å². The van der Waals surface area contributed by atoms with Crippen molar-refractivity contribution in [3.05, 3.63) is 76.2 Å². The van der Waals surface area contributed by atoms with Crippen LogP contribution in [0.25, 0.3) is 22.7 Å². The van der Waals surface area contributed by atoms with Gasteiger partial charge in [0.2, 0.25) is 0 Å². The van der Waals surface area contributed by atoms with E-state index < -0.39 is 0 Å². The predicted molar refractivity (Wildman–Crippen MR) is 109 cm³/mol. The quantitative estimate of drug-likeness (QED) is 0.540. The second-order valence-corrected chi connectivity index (χ2v) is 7.02. The second-order valence-electron chi connectivity index (χ2n) is 7.02. The van der Waals surface area contributed by atoms with Gasteiger partial charge in [-0.05, 0) is 25.0 Å². The van der Waals surface area contributed by atoms with Crippen LogP contribution in [0.1, 0.15) is 24.5 Å². The second kappa shape index (κ2) is 6.91. The third kappa shape index (κ3) is 2.99. The highest BCUT2D eigenvalue weighted by Crippen LogP contribution is 2.26. The van der Waals surface area contributed by atoms with Crippen molar-refractivity contribution in [2.45, 2.75) is 33.4 Å². The maximum Gasteiger partial charge on any atom is 0.331 e. The van der Waals surface area contributed by atoms with E-state index in [4.69, 9.17) is 4.98 Å². The summed E-state index contributed by atoms with van der Waals surface area (Å²) in [5, 5.41) is 0. The molecule has 0 aliphatic carbocycles. The largest absolute Gasteiger partial charge is 0.331 e. The Kier molecular flexibility index (Phi) is 4.44. The molecule has 0 aliphatic heterocycles. The Morgan fingerprint density at radius 2 is 1.78 bits per heavy atom. The first-order valence-electron chi connectivity index (χ1n) is 9.37. The maximum atomic E-state index is 12.7. The van der Waals surface area contributed by atoms with Crippen LogP contribution in [0.2, 0.25) is 0 Å². The fourth-order valence-electron chi connectivity index (χ4n) is 3.63. The van der Waals surface area contributed by atoms with Gasteiger partial charge in [0.1, 0.15) is 5.82 Å². The number of fused-ring (bicyclic) bond motifs is 1. The van der Waals surface area contributed by atoms with Crippen LogP contribution in [0.4, 0.5) is 0 Å². The number of hydrogen-bond donors (Lipinski definition) is 0. The Balaban J connectivity index is 2.01. The molecule has 4 rings (SSSR count). The third-order valence-corrected chi connectivity index (χ3v) is 4.92. The number of aryl methyl sites for hydroxylation is 3. The lowest BCUT2D eigenvalue weighted by atomic mass is 10.1. The Morgan fingerprint density at radius 1 is 1.00 bits per heavy atom. The minimum absolute atomic E-state index is 0.00745. The highest BCUT2D eigenvalue weighted by Gasteiger charge is 2.21. The lowest BCUT2D eigenvalue weighted by molar-refractivity contribution is 0.632. The summed E-state index contributed by atoms with van der Waals surface area (Å²) in [5.74, 6) is 0.896. The molecule has 138 valence electrons. The summed E-state index contributed by atoms with van der Waals surface area (Å²) in [7, 11) is 1.80. The average molecular weight is 360 g/mol. The summed E-state index contributed by atoms with van der Waals surface area (Å²) in [6.07, 6.45) is 0.898. The van der Waals surface area contributed by atoms with Crippen LogP contribution in [-0.2, 0) is 20.1 Å². The molecule has 2 aromatic carbocycles. The molecule has 2 heterocycles. The van der Waals surface area contributed by atoms with Crippen molar-refractivity contribution in [3.63, 3.8) is 0 Å². The zero-order valence-electron chi connectivity index (χ0n) is 16.0. The molecule has 0 unspecified atom stereocenters. The molecule has 27 heavy (non-hydrogen) atoms. The standard InChI is InChI=1S/C22H24N4O/c1-4-13-25-21-20(24(3)22(25)27)23-19(18-12-8-9-16(2)14-18)26(21)15-17-10-6-5-7-11-17/h5-12,14H,4,13,15H2,1-3H3. The third-order valence-electron chi connectivity index (χ3n) is 4.92. The van der Waals surface area contributed by atoms with Crippen LogP contribution in [0.5, 0.6) is 0 Å². The minimum atomic E-state index is -0.00745. The van der Waals surface area contributed by atoms with Crippen molar-refractivity contribution < 1.29 is 0 Å². The van der Waals surface area contributed by atoms with Crippen molar-refractivity contribution in [3.8, 4) is 11.4 Å². The minimum Gasteiger partial charge on any atom is -0.304 e. The summed E-state index contributed by atoms with van der Waals surface area (Å²) in [6.45, 7) is 5.53. The molecule has 0 bridgehead atoms. The molecule has 0 saturated carbocycles. The molecular formula is C22H24N4O. The molecule has 0 N–H and O–H groups in total. The van der Waals surface area contributed by atoms with Crippen molar-refractivity contribution in [1.82, 2.24) is 18.7 Å². The van der Waals surface area contributed by atoms with Crippen molar-refractivity contribution >= 4 is 11.3 Å². The zero-order valence-corrected chi connectivity index (χ0v) is 16.0. The van der Waals surface area contributed by atoms with Crippen LogP contribution in [0, 0.1) is 6.92 Å². The SMILES string of the molecule is CCCn1c(=O)n(C)c2nc(-c3cccc(C)c3)n(Cc3ccccc3)c21. The Hall–Kier alpha value is -3.08. The highest BCUT2D eigenvalue weighted by molar-refractivity contribution is 5.76. The van der Waals surface area contributed by atoms with E-state index in [9.17, 15) is 4.79 Å². The van der Waals surface area contributed by atoms with Gasteiger partial charge in [-0.15, -0.1) is 0 Å². The van der Waals surface area contributed by atoms with E-state index in [0.717, 1.165) is 29.1 Å². The number of hydrogen-bond acceptors (Lipinski definition) is 2. The molecule has 0 amide bonds. The number of benzene rings is 2. The van der Waals surface area contributed by atoms with E-state index in [2.05, 4.69) is 54.8 Å².